The quantitative estimate of drug-likeness (QED) is 0.735. The summed E-state index contributed by atoms with van der Waals surface area (Å²) in [6.45, 7) is 8.63. The van der Waals surface area contributed by atoms with Gasteiger partial charge in [-0.15, -0.1) is 0 Å². The Hall–Kier alpha value is -1.35. The zero-order chi connectivity index (χ0) is 14.5. The summed E-state index contributed by atoms with van der Waals surface area (Å²) in [4.78, 5) is 12.6. The minimum absolute atomic E-state index is 0.0262. The maximum Gasteiger partial charge on any atom is 0.195 e. The van der Waals surface area contributed by atoms with E-state index in [0.717, 1.165) is 6.42 Å². The van der Waals surface area contributed by atoms with E-state index in [0.29, 0.717) is 17.9 Å². The molecule has 1 unspecified atom stereocenters. The first kappa shape index (κ1) is 15.7. The molecule has 3 heteroatoms. The number of methoxy groups -OCH3 is 1. The van der Waals surface area contributed by atoms with E-state index < -0.39 is 6.10 Å². The van der Waals surface area contributed by atoms with Crippen LogP contribution in [-0.4, -0.2) is 25.6 Å². The molecule has 0 spiro atoms. The summed E-state index contributed by atoms with van der Waals surface area (Å²) in [5.41, 5.74) is 0.349. The number of ketones is 1. The van der Waals surface area contributed by atoms with Crippen molar-refractivity contribution >= 4 is 5.78 Å². The minimum Gasteiger partial charge on any atom is -0.493 e. The number of para-hydroxylation sites is 1. The summed E-state index contributed by atoms with van der Waals surface area (Å²) < 4.78 is 11.0. The first-order valence-electron chi connectivity index (χ1n) is 6.70. The van der Waals surface area contributed by atoms with Gasteiger partial charge in [-0.1, -0.05) is 39.8 Å². The molecule has 1 rings (SSSR count). The van der Waals surface area contributed by atoms with Gasteiger partial charge >= 0.3 is 0 Å². The third-order valence-electron chi connectivity index (χ3n) is 2.87. The van der Waals surface area contributed by atoms with E-state index in [4.69, 9.17) is 9.47 Å². The molecule has 0 aliphatic heterocycles. The number of carbonyl (C=O) groups excluding carboxylic acids is 1. The van der Waals surface area contributed by atoms with Gasteiger partial charge in [0.05, 0.1) is 12.2 Å². The second-order valence-electron chi connectivity index (χ2n) is 5.69. The van der Waals surface area contributed by atoms with Crippen LogP contribution in [0.1, 0.15) is 44.5 Å². The summed E-state index contributed by atoms with van der Waals surface area (Å²) in [5, 5.41) is 0. The second kappa shape index (κ2) is 6.71. The van der Waals surface area contributed by atoms with E-state index in [9.17, 15) is 4.79 Å². The van der Waals surface area contributed by atoms with Crippen molar-refractivity contribution in [2.45, 2.75) is 40.2 Å². The Morgan fingerprint density at radius 2 is 1.89 bits per heavy atom. The smallest absolute Gasteiger partial charge is 0.195 e. The molecule has 0 aliphatic rings. The van der Waals surface area contributed by atoms with Crippen LogP contribution in [-0.2, 0) is 4.74 Å². The van der Waals surface area contributed by atoms with Gasteiger partial charge in [0.15, 0.2) is 5.78 Å². The van der Waals surface area contributed by atoms with Crippen LogP contribution in [0.5, 0.6) is 5.75 Å². The standard InChI is InChI=1S/C16H24O3/c1-6-11-19-13-10-8-7-9-12(13)14(17)15(18-5)16(2,3)4/h7-10,15H,6,11H2,1-5H3. The molecule has 0 aliphatic carbocycles. The molecule has 1 aromatic carbocycles. The molecule has 1 atom stereocenters. The highest BCUT2D eigenvalue weighted by Gasteiger charge is 2.33. The van der Waals surface area contributed by atoms with Gasteiger partial charge in [0.25, 0.3) is 0 Å². The van der Waals surface area contributed by atoms with Crippen molar-refractivity contribution in [2.75, 3.05) is 13.7 Å². The molecular weight excluding hydrogens is 240 g/mol. The summed E-state index contributed by atoms with van der Waals surface area (Å²) >= 11 is 0. The number of benzene rings is 1. The molecule has 19 heavy (non-hydrogen) atoms. The Labute approximate surface area is 115 Å². The summed E-state index contributed by atoms with van der Waals surface area (Å²) in [7, 11) is 1.57. The van der Waals surface area contributed by atoms with Gasteiger partial charge in [-0.2, -0.15) is 0 Å². The molecule has 0 heterocycles. The van der Waals surface area contributed by atoms with Crippen molar-refractivity contribution in [3.63, 3.8) is 0 Å². The zero-order valence-electron chi connectivity index (χ0n) is 12.5. The molecule has 106 valence electrons. The first-order valence-corrected chi connectivity index (χ1v) is 6.70. The average molecular weight is 264 g/mol. The van der Waals surface area contributed by atoms with Crippen molar-refractivity contribution in [3.05, 3.63) is 29.8 Å². The number of hydrogen-bond donors (Lipinski definition) is 0. The van der Waals surface area contributed by atoms with Crippen molar-refractivity contribution < 1.29 is 14.3 Å². The topological polar surface area (TPSA) is 35.5 Å². The SMILES string of the molecule is CCCOc1ccccc1C(=O)C(OC)C(C)(C)C. The zero-order valence-corrected chi connectivity index (χ0v) is 12.5. The third kappa shape index (κ3) is 4.06. The summed E-state index contributed by atoms with van der Waals surface area (Å²) in [5.74, 6) is 0.613. The fourth-order valence-electron chi connectivity index (χ4n) is 2.00. The Bertz CT molecular complexity index is 418. The maximum absolute atomic E-state index is 12.6. The van der Waals surface area contributed by atoms with Crippen LogP contribution >= 0.6 is 0 Å². The predicted molar refractivity (Wildman–Crippen MR) is 76.8 cm³/mol. The fourth-order valence-corrected chi connectivity index (χ4v) is 2.00. The number of carbonyl (C=O) groups is 1. The van der Waals surface area contributed by atoms with Gasteiger partial charge in [-0.05, 0) is 24.0 Å². The van der Waals surface area contributed by atoms with E-state index in [1.54, 1.807) is 13.2 Å². The van der Waals surface area contributed by atoms with E-state index in [-0.39, 0.29) is 11.2 Å². The molecule has 0 saturated heterocycles. The van der Waals surface area contributed by atoms with E-state index in [1.165, 1.54) is 0 Å². The highest BCUT2D eigenvalue weighted by molar-refractivity contribution is 6.02. The highest BCUT2D eigenvalue weighted by atomic mass is 16.5. The van der Waals surface area contributed by atoms with Crippen molar-refractivity contribution in [1.29, 1.82) is 0 Å². The Balaban J connectivity index is 3.04. The number of rotatable bonds is 6. The summed E-state index contributed by atoms with van der Waals surface area (Å²) in [6, 6.07) is 7.35. The van der Waals surface area contributed by atoms with Gasteiger partial charge in [0.2, 0.25) is 0 Å². The lowest BCUT2D eigenvalue weighted by molar-refractivity contribution is 0.0193. The molecule has 0 N–H and O–H groups in total. The van der Waals surface area contributed by atoms with Crippen LogP contribution in [0.25, 0.3) is 0 Å². The van der Waals surface area contributed by atoms with Crippen LogP contribution in [0.15, 0.2) is 24.3 Å². The van der Waals surface area contributed by atoms with Crippen LogP contribution < -0.4 is 4.74 Å². The Morgan fingerprint density at radius 3 is 2.42 bits per heavy atom. The number of hydrogen-bond acceptors (Lipinski definition) is 3. The molecule has 0 bridgehead atoms. The molecule has 0 aromatic heterocycles. The van der Waals surface area contributed by atoms with Crippen molar-refractivity contribution in [1.82, 2.24) is 0 Å². The average Bonchev–Trinajstić information content (AvgIpc) is 2.35. The number of Topliss-reactive ketones (excluding diaryl/α,β-unsaturated/α-hetero) is 1. The molecule has 1 aromatic rings. The minimum atomic E-state index is -0.473. The summed E-state index contributed by atoms with van der Waals surface area (Å²) in [6.07, 6.45) is 0.439. The predicted octanol–water partition coefficient (Wildman–Crippen LogP) is 3.72. The van der Waals surface area contributed by atoms with Crippen LogP contribution in [0, 0.1) is 5.41 Å². The van der Waals surface area contributed by atoms with Crippen LogP contribution in [0.3, 0.4) is 0 Å². The molecule has 3 nitrogen and oxygen atoms in total. The normalized spacial score (nSPS) is 13.1. The molecule has 0 saturated carbocycles. The Kier molecular flexibility index (Phi) is 5.55. The van der Waals surface area contributed by atoms with Crippen molar-refractivity contribution in [3.8, 4) is 5.75 Å². The van der Waals surface area contributed by atoms with Gasteiger partial charge in [-0.25, -0.2) is 0 Å². The second-order valence-corrected chi connectivity index (χ2v) is 5.69. The molecule has 0 radical (unpaired) electrons. The van der Waals surface area contributed by atoms with Gasteiger partial charge < -0.3 is 9.47 Å². The third-order valence-corrected chi connectivity index (χ3v) is 2.87. The first-order chi connectivity index (χ1) is 8.91. The fraction of sp³-hybridized carbons (Fsp3) is 0.562. The lowest BCUT2D eigenvalue weighted by Crippen LogP contribution is -2.36. The van der Waals surface area contributed by atoms with E-state index >= 15 is 0 Å². The van der Waals surface area contributed by atoms with Crippen molar-refractivity contribution in [2.24, 2.45) is 5.41 Å². The van der Waals surface area contributed by atoms with Gasteiger partial charge in [-0.3, -0.25) is 4.79 Å². The maximum atomic E-state index is 12.6. The van der Waals surface area contributed by atoms with E-state index in [2.05, 4.69) is 0 Å². The van der Waals surface area contributed by atoms with Crippen LogP contribution in [0.4, 0.5) is 0 Å². The number of ether oxygens (including phenoxy) is 2. The molecular formula is C16H24O3. The lowest BCUT2D eigenvalue weighted by atomic mass is 9.84. The monoisotopic (exact) mass is 264 g/mol. The Morgan fingerprint density at radius 1 is 1.26 bits per heavy atom. The molecule has 0 amide bonds. The highest BCUT2D eigenvalue weighted by Crippen LogP contribution is 2.28. The lowest BCUT2D eigenvalue weighted by Gasteiger charge is -2.28. The van der Waals surface area contributed by atoms with Gasteiger partial charge in [0, 0.05) is 7.11 Å². The largest absolute Gasteiger partial charge is 0.493 e. The van der Waals surface area contributed by atoms with Gasteiger partial charge in [0.1, 0.15) is 11.9 Å². The van der Waals surface area contributed by atoms with E-state index in [1.807, 2.05) is 45.9 Å². The van der Waals surface area contributed by atoms with Crippen LogP contribution in [0.2, 0.25) is 0 Å². The molecule has 0 fully saturated rings.